The number of halogens is 2. The van der Waals surface area contributed by atoms with E-state index in [4.69, 9.17) is 23.2 Å². The van der Waals surface area contributed by atoms with Crippen molar-refractivity contribution in [3.63, 3.8) is 0 Å². The molecule has 4 aromatic rings. The van der Waals surface area contributed by atoms with Crippen LogP contribution in [0.5, 0.6) is 0 Å². The highest BCUT2D eigenvalue weighted by Crippen LogP contribution is 2.57. The molecule has 4 atom stereocenters. The van der Waals surface area contributed by atoms with Gasteiger partial charge in [0.05, 0.1) is 12.0 Å². The van der Waals surface area contributed by atoms with Gasteiger partial charge in [0.15, 0.2) is 5.78 Å². The molecular formula is C33H23Cl2N3O3. The van der Waals surface area contributed by atoms with Gasteiger partial charge in [-0.05, 0) is 71.8 Å². The van der Waals surface area contributed by atoms with Gasteiger partial charge in [0, 0.05) is 32.7 Å². The van der Waals surface area contributed by atoms with E-state index >= 15 is 0 Å². The first-order valence-corrected chi connectivity index (χ1v) is 14.0. The van der Waals surface area contributed by atoms with Gasteiger partial charge in [-0.1, -0.05) is 71.8 Å². The molecule has 3 aliphatic rings. The number of nitrogens with zero attached hydrogens (tertiary/aromatic N) is 1. The lowest BCUT2D eigenvalue weighted by Crippen LogP contribution is -2.51. The highest BCUT2D eigenvalue weighted by atomic mass is 35.5. The Hall–Kier alpha value is -4.39. The highest BCUT2D eigenvalue weighted by Gasteiger charge is 2.70. The number of hydrogen-bond donors (Lipinski definition) is 2. The van der Waals surface area contributed by atoms with Gasteiger partial charge >= 0.3 is 0 Å². The summed E-state index contributed by atoms with van der Waals surface area (Å²) in [5.74, 6) is -2.10. The molecule has 0 aliphatic carbocycles. The molecule has 0 radical (unpaired) electrons. The Kier molecular flexibility index (Phi) is 6.00. The zero-order valence-corrected chi connectivity index (χ0v) is 23.1. The van der Waals surface area contributed by atoms with E-state index in [1.807, 2.05) is 65.6 Å². The molecule has 6 nitrogen and oxygen atoms in total. The number of para-hydroxylation sites is 2. The number of anilines is 3. The largest absolute Gasteiger partial charge is 0.350 e. The normalized spacial score (nSPS) is 23.5. The summed E-state index contributed by atoms with van der Waals surface area (Å²) in [7, 11) is 0. The summed E-state index contributed by atoms with van der Waals surface area (Å²) < 4.78 is 0. The van der Waals surface area contributed by atoms with Gasteiger partial charge < -0.3 is 15.5 Å². The summed E-state index contributed by atoms with van der Waals surface area (Å²) >= 11 is 12.2. The van der Waals surface area contributed by atoms with E-state index < -0.39 is 29.3 Å². The van der Waals surface area contributed by atoms with Gasteiger partial charge in [0.25, 0.3) is 0 Å². The van der Waals surface area contributed by atoms with Crippen molar-refractivity contribution >= 4 is 63.9 Å². The second-order valence-electron chi connectivity index (χ2n) is 10.4. The van der Waals surface area contributed by atoms with Gasteiger partial charge in [-0.15, -0.1) is 0 Å². The lowest BCUT2D eigenvalue weighted by Gasteiger charge is -2.37. The molecule has 3 aliphatic heterocycles. The number of fused-ring (bicyclic) bond motifs is 6. The molecule has 3 heterocycles. The average Bonchev–Trinajstić information content (AvgIpc) is 3.47. The van der Waals surface area contributed by atoms with Gasteiger partial charge in [-0.25, -0.2) is 0 Å². The van der Waals surface area contributed by atoms with E-state index in [9.17, 15) is 14.4 Å². The molecule has 0 saturated carbocycles. The molecule has 7 rings (SSSR count). The highest BCUT2D eigenvalue weighted by molar-refractivity contribution is 6.31. The molecule has 41 heavy (non-hydrogen) atoms. The maximum absolute atomic E-state index is 14.7. The maximum atomic E-state index is 14.7. The third kappa shape index (κ3) is 3.82. The standard InChI is InChI=1S/C33H23Cl2N3O3/c34-21-12-9-20(10-13-21)30(39)28-29(31(40)36-23-16-14-22(35)15-17-23)38-26-8-4-1-5-19(26)11-18-27(38)33(28)24-6-2-3-7-25(24)37-32(33)41/h1-18,27-29H,(H,36,40)(H,37,41)/t27-,28+,29-,33+/m0/s1. The number of nitrogens with one attached hydrogen (secondary N) is 2. The Morgan fingerprint density at radius 3 is 2.24 bits per heavy atom. The zero-order chi connectivity index (χ0) is 28.3. The third-order valence-corrected chi connectivity index (χ3v) is 8.84. The van der Waals surface area contributed by atoms with E-state index in [0.29, 0.717) is 32.5 Å². The predicted molar refractivity (Wildman–Crippen MR) is 162 cm³/mol. The molecule has 0 bridgehead atoms. The fourth-order valence-corrected chi connectivity index (χ4v) is 6.91. The SMILES string of the molecule is O=C(Nc1ccc(Cl)cc1)[C@@H]1[C@H](C(=O)c2ccc(Cl)cc2)[C@]2(C(=O)Nc3ccccc32)[C@@H]2C=Cc3ccccc3N12. The van der Waals surface area contributed by atoms with Crippen molar-refractivity contribution in [1.82, 2.24) is 0 Å². The summed E-state index contributed by atoms with van der Waals surface area (Å²) in [6.45, 7) is 0. The minimum absolute atomic E-state index is 0.313. The summed E-state index contributed by atoms with van der Waals surface area (Å²) in [6, 6.07) is 26.8. The van der Waals surface area contributed by atoms with Gasteiger partial charge in [0.2, 0.25) is 11.8 Å². The van der Waals surface area contributed by atoms with Crippen LogP contribution in [-0.4, -0.2) is 29.7 Å². The van der Waals surface area contributed by atoms with E-state index in [0.717, 1.165) is 11.3 Å². The molecular weight excluding hydrogens is 557 g/mol. The van der Waals surface area contributed by atoms with Crippen LogP contribution in [0.1, 0.15) is 21.5 Å². The lowest BCUT2D eigenvalue weighted by molar-refractivity contribution is -0.122. The monoisotopic (exact) mass is 579 g/mol. The number of carbonyl (C=O) groups is 3. The molecule has 202 valence electrons. The van der Waals surface area contributed by atoms with Crippen LogP contribution in [0.25, 0.3) is 6.08 Å². The van der Waals surface area contributed by atoms with Crippen molar-refractivity contribution in [2.75, 3.05) is 15.5 Å². The van der Waals surface area contributed by atoms with Crippen LogP contribution in [0.15, 0.2) is 103 Å². The van der Waals surface area contributed by atoms with Crippen LogP contribution >= 0.6 is 23.2 Å². The topological polar surface area (TPSA) is 78.5 Å². The molecule has 8 heteroatoms. The fourth-order valence-electron chi connectivity index (χ4n) is 6.66. The van der Waals surface area contributed by atoms with Crippen molar-refractivity contribution < 1.29 is 14.4 Å². The number of hydrogen-bond acceptors (Lipinski definition) is 4. The van der Waals surface area contributed by atoms with E-state index in [1.54, 1.807) is 48.5 Å². The van der Waals surface area contributed by atoms with Crippen LogP contribution < -0.4 is 15.5 Å². The Balaban J connectivity index is 1.48. The molecule has 0 unspecified atom stereocenters. The molecule has 1 spiro atoms. The Morgan fingerprint density at radius 1 is 0.829 bits per heavy atom. The maximum Gasteiger partial charge on any atom is 0.247 e. The summed E-state index contributed by atoms with van der Waals surface area (Å²) in [6.07, 6.45) is 3.91. The van der Waals surface area contributed by atoms with Crippen LogP contribution in [0.3, 0.4) is 0 Å². The molecule has 2 N–H and O–H groups in total. The van der Waals surface area contributed by atoms with Crippen molar-refractivity contribution in [1.29, 1.82) is 0 Å². The number of carbonyl (C=O) groups excluding carboxylic acids is 3. The van der Waals surface area contributed by atoms with Crippen molar-refractivity contribution in [2.24, 2.45) is 5.92 Å². The zero-order valence-electron chi connectivity index (χ0n) is 21.6. The average molecular weight is 580 g/mol. The molecule has 4 aromatic carbocycles. The molecule has 1 fully saturated rings. The summed E-state index contributed by atoms with van der Waals surface area (Å²) in [5.41, 5.74) is 2.53. The van der Waals surface area contributed by atoms with Gasteiger partial charge in [-0.3, -0.25) is 14.4 Å². The quantitative estimate of drug-likeness (QED) is 0.267. The molecule has 1 saturated heterocycles. The first kappa shape index (κ1) is 25.6. The lowest BCUT2D eigenvalue weighted by atomic mass is 9.64. The van der Waals surface area contributed by atoms with Gasteiger partial charge in [-0.2, -0.15) is 0 Å². The fraction of sp³-hybridized carbons (Fsp3) is 0.121. The molecule has 2 amide bonds. The number of Topliss-reactive ketones (excluding diaryl/α,β-unsaturated/α-hetero) is 1. The van der Waals surface area contributed by atoms with Crippen LogP contribution in [0.2, 0.25) is 10.0 Å². The number of amides is 2. The first-order valence-electron chi connectivity index (χ1n) is 13.2. The van der Waals surface area contributed by atoms with Crippen LogP contribution in [-0.2, 0) is 15.0 Å². The first-order chi connectivity index (χ1) is 19.9. The Labute approximate surface area is 246 Å². The van der Waals surface area contributed by atoms with Crippen LogP contribution in [0, 0.1) is 5.92 Å². The second-order valence-corrected chi connectivity index (χ2v) is 11.3. The minimum atomic E-state index is -1.38. The number of ketones is 1. The van der Waals surface area contributed by atoms with E-state index in [-0.39, 0.29) is 11.7 Å². The number of rotatable bonds is 4. The predicted octanol–water partition coefficient (Wildman–Crippen LogP) is 6.61. The Morgan fingerprint density at radius 2 is 1.49 bits per heavy atom. The Bertz CT molecular complexity index is 1750. The van der Waals surface area contributed by atoms with E-state index in [1.165, 1.54) is 0 Å². The minimum Gasteiger partial charge on any atom is -0.350 e. The van der Waals surface area contributed by atoms with Gasteiger partial charge in [0.1, 0.15) is 11.5 Å². The van der Waals surface area contributed by atoms with E-state index in [2.05, 4.69) is 10.6 Å². The van der Waals surface area contributed by atoms with Crippen molar-refractivity contribution in [2.45, 2.75) is 17.5 Å². The number of benzene rings is 4. The van der Waals surface area contributed by atoms with Crippen molar-refractivity contribution in [3.8, 4) is 0 Å². The van der Waals surface area contributed by atoms with Crippen LogP contribution in [0.4, 0.5) is 17.1 Å². The summed E-state index contributed by atoms with van der Waals surface area (Å²) in [4.78, 5) is 45.3. The smallest absolute Gasteiger partial charge is 0.247 e. The molecule has 0 aromatic heterocycles. The third-order valence-electron chi connectivity index (χ3n) is 8.33. The van der Waals surface area contributed by atoms with Crippen molar-refractivity contribution in [3.05, 3.63) is 130 Å². The second kappa shape index (κ2) is 9.61. The summed E-state index contributed by atoms with van der Waals surface area (Å²) in [5, 5.41) is 7.05.